The van der Waals surface area contributed by atoms with Gasteiger partial charge in [-0.25, -0.2) is 8.42 Å². The van der Waals surface area contributed by atoms with Gasteiger partial charge in [-0.3, -0.25) is 4.79 Å². The molecule has 7 heteroatoms. The summed E-state index contributed by atoms with van der Waals surface area (Å²) in [6.45, 7) is 2.90. The van der Waals surface area contributed by atoms with Gasteiger partial charge in [0.1, 0.15) is 4.21 Å². The SMILES string of the molecule is O=C(Cc1ccc(S(=O)(=O)N2CCCCC2)s1)N1CCCCCC1. The van der Waals surface area contributed by atoms with Gasteiger partial charge in [0.2, 0.25) is 5.91 Å². The predicted molar refractivity (Wildman–Crippen MR) is 95.7 cm³/mol. The minimum absolute atomic E-state index is 0.126. The van der Waals surface area contributed by atoms with Gasteiger partial charge < -0.3 is 4.90 Å². The lowest BCUT2D eigenvalue weighted by atomic mass is 10.2. The summed E-state index contributed by atoms with van der Waals surface area (Å²) in [5.74, 6) is 0.126. The highest BCUT2D eigenvalue weighted by atomic mass is 32.2. The van der Waals surface area contributed by atoms with Crippen molar-refractivity contribution in [1.29, 1.82) is 0 Å². The molecule has 0 bridgehead atoms. The molecule has 2 aliphatic rings. The van der Waals surface area contributed by atoms with Crippen molar-refractivity contribution in [1.82, 2.24) is 9.21 Å². The van der Waals surface area contributed by atoms with E-state index in [2.05, 4.69) is 0 Å². The van der Waals surface area contributed by atoms with Crippen LogP contribution in [0.2, 0.25) is 0 Å². The van der Waals surface area contributed by atoms with Crippen molar-refractivity contribution < 1.29 is 13.2 Å². The number of nitrogens with zero attached hydrogens (tertiary/aromatic N) is 2. The number of carbonyl (C=O) groups excluding carboxylic acids is 1. The Balaban J connectivity index is 1.65. The van der Waals surface area contributed by atoms with Gasteiger partial charge in [-0.1, -0.05) is 19.3 Å². The van der Waals surface area contributed by atoms with Crippen LogP contribution >= 0.6 is 11.3 Å². The molecule has 0 saturated carbocycles. The molecule has 0 N–H and O–H groups in total. The fourth-order valence-corrected chi connectivity index (χ4v) is 6.42. The molecule has 0 aromatic carbocycles. The summed E-state index contributed by atoms with van der Waals surface area (Å²) in [6, 6.07) is 3.47. The van der Waals surface area contributed by atoms with Gasteiger partial charge in [0, 0.05) is 31.1 Å². The highest BCUT2D eigenvalue weighted by Gasteiger charge is 2.27. The molecule has 24 heavy (non-hydrogen) atoms. The van der Waals surface area contributed by atoms with E-state index < -0.39 is 10.0 Å². The normalized spacial score (nSPS) is 20.8. The van der Waals surface area contributed by atoms with E-state index in [1.807, 2.05) is 4.90 Å². The summed E-state index contributed by atoms with van der Waals surface area (Å²) < 4.78 is 27.3. The second-order valence-electron chi connectivity index (χ2n) is 6.66. The molecule has 2 aliphatic heterocycles. The number of piperidine rings is 1. The van der Waals surface area contributed by atoms with Crippen molar-refractivity contribution in [2.24, 2.45) is 0 Å². The van der Waals surface area contributed by atoms with Crippen LogP contribution in [0.25, 0.3) is 0 Å². The molecule has 2 saturated heterocycles. The molecule has 134 valence electrons. The summed E-state index contributed by atoms with van der Waals surface area (Å²) in [4.78, 5) is 15.2. The van der Waals surface area contributed by atoms with Crippen molar-refractivity contribution in [3.63, 3.8) is 0 Å². The van der Waals surface area contributed by atoms with Gasteiger partial charge in [-0.15, -0.1) is 11.3 Å². The third kappa shape index (κ3) is 4.18. The fraction of sp³-hybridized carbons (Fsp3) is 0.706. The van der Waals surface area contributed by atoms with E-state index >= 15 is 0 Å². The first-order valence-corrected chi connectivity index (χ1v) is 11.2. The van der Waals surface area contributed by atoms with Crippen molar-refractivity contribution >= 4 is 27.3 Å². The second kappa shape index (κ2) is 7.97. The maximum Gasteiger partial charge on any atom is 0.252 e. The number of hydrogen-bond acceptors (Lipinski definition) is 4. The molecule has 2 fully saturated rings. The highest BCUT2D eigenvalue weighted by Crippen LogP contribution is 2.27. The van der Waals surface area contributed by atoms with Crippen LogP contribution < -0.4 is 0 Å². The third-order valence-electron chi connectivity index (χ3n) is 4.83. The Hall–Kier alpha value is -0.920. The van der Waals surface area contributed by atoms with Crippen molar-refractivity contribution in [2.75, 3.05) is 26.2 Å². The minimum atomic E-state index is -3.38. The molecule has 1 amide bonds. The van der Waals surface area contributed by atoms with Crippen LogP contribution in [-0.4, -0.2) is 49.7 Å². The number of likely N-dealkylation sites (tertiary alicyclic amines) is 1. The predicted octanol–water partition coefficient (Wildman–Crippen LogP) is 2.87. The second-order valence-corrected chi connectivity index (χ2v) is 9.99. The van der Waals surface area contributed by atoms with Gasteiger partial charge in [-0.2, -0.15) is 4.31 Å². The van der Waals surface area contributed by atoms with E-state index in [0.717, 1.165) is 50.1 Å². The molecule has 3 rings (SSSR count). The average Bonchev–Trinajstić information content (AvgIpc) is 2.89. The Labute approximate surface area is 148 Å². The van der Waals surface area contributed by atoms with Crippen molar-refractivity contribution in [3.05, 3.63) is 17.0 Å². The van der Waals surface area contributed by atoms with Crippen LogP contribution in [0.4, 0.5) is 0 Å². The number of sulfonamides is 1. The maximum atomic E-state index is 12.7. The molecule has 0 aliphatic carbocycles. The topological polar surface area (TPSA) is 57.7 Å². The summed E-state index contributed by atoms with van der Waals surface area (Å²) in [5, 5.41) is 0. The molecule has 1 aromatic rings. The number of amides is 1. The monoisotopic (exact) mass is 370 g/mol. The quantitative estimate of drug-likeness (QED) is 0.819. The Morgan fingerprint density at radius 3 is 2.17 bits per heavy atom. The highest BCUT2D eigenvalue weighted by molar-refractivity contribution is 7.91. The molecule has 3 heterocycles. The third-order valence-corrected chi connectivity index (χ3v) is 8.28. The van der Waals surface area contributed by atoms with Crippen LogP contribution in [0.15, 0.2) is 16.3 Å². The zero-order chi connectivity index (χ0) is 17.0. The molecule has 1 aromatic heterocycles. The lowest BCUT2D eigenvalue weighted by molar-refractivity contribution is -0.130. The fourth-order valence-electron chi connectivity index (χ4n) is 3.41. The lowest BCUT2D eigenvalue weighted by Crippen LogP contribution is -2.35. The van der Waals surface area contributed by atoms with Gasteiger partial charge >= 0.3 is 0 Å². The minimum Gasteiger partial charge on any atom is -0.342 e. The number of carbonyl (C=O) groups is 1. The number of rotatable bonds is 4. The summed E-state index contributed by atoms with van der Waals surface area (Å²) in [5.41, 5.74) is 0. The van der Waals surface area contributed by atoms with Crippen molar-refractivity contribution in [2.45, 2.75) is 55.6 Å². The van der Waals surface area contributed by atoms with Crippen LogP contribution in [-0.2, 0) is 21.2 Å². The lowest BCUT2D eigenvalue weighted by Gasteiger charge is -2.25. The van der Waals surface area contributed by atoms with E-state index in [1.54, 1.807) is 16.4 Å². The molecule has 0 atom stereocenters. The first-order valence-electron chi connectivity index (χ1n) is 8.94. The van der Waals surface area contributed by atoms with E-state index in [0.29, 0.717) is 23.7 Å². The number of thiophene rings is 1. The van der Waals surface area contributed by atoms with Gasteiger partial charge in [0.15, 0.2) is 0 Å². The van der Waals surface area contributed by atoms with Gasteiger partial charge in [0.05, 0.1) is 6.42 Å². The first-order chi connectivity index (χ1) is 11.6. The Bertz CT molecular complexity index is 655. The maximum absolute atomic E-state index is 12.7. The van der Waals surface area contributed by atoms with E-state index in [4.69, 9.17) is 0 Å². The van der Waals surface area contributed by atoms with Crippen LogP contribution in [0.1, 0.15) is 49.8 Å². The van der Waals surface area contributed by atoms with E-state index in [9.17, 15) is 13.2 Å². The van der Waals surface area contributed by atoms with Crippen LogP contribution in [0, 0.1) is 0 Å². The van der Waals surface area contributed by atoms with Gasteiger partial charge in [0.25, 0.3) is 10.0 Å². The summed E-state index contributed by atoms with van der Waals surface area (Å²) in [7, 11) is -3.38. The summed E-state index contributed by atoms with van der Waals surface area (Å²) in [6.07, 6.45) is 7.83. The molecular weight excluding hydrogens is 344 g/mol. The van der Waals surface area contributed by atoms with E-state index in [1.165, 1.54) is 24.2 Å². The molecule has 0 radical (unpaired) electrons. The molecular formula is C17H26N2O3S2. The largest absolute Gasteiger partial charge is 0.342 e. The standard InChI is InChI=1S/C17H26N2O3S2/c20-16(18-10-4-1-2-5-11-18)14-15-8-9-17(23-15)24(21,22)19-12-6-3-7-13-19/h8-9H,1-7,10-14H2. The molecule has 0 spiro atoms. The smallest absolute Gasteiger partial charge is 0.252 e. The Kier molecular flexibility index (Phi) is 5.94. The van der Waals surface area contributed by atoms with Crippen molar-refractivity contribution in [3.8, 4) is 0 Å². The number of hydrogen-bond donors (Lipinski definition) is 0. The summed E-state index contributed by atoms with van der Waals surface area (Å²) >= 11 is 1.25. The van der Waals surface area contributed by atoms with Crippen LogP contribution in [0.3, 0.4) is 0 Å². The zero-order valence-electron chi connectivity index (χ0n) is 14.1. The average molecular weight is 371 g/mol. The van der Waals surface area contributed by atoms with Crippen LogP contribution in [0.5, 0.6) is 0 Å². The van der Waals surface area contributed by atoms with Gasteiger partial charge in [-0.05, 0) is 37.8 Å². The molecule has 5 nitrogen and oxygen atoms in total. The Morgan fingerprint density at radius 1 is 0.917 bits per heavy atom. The van der Waals surface area contributed by atoms with E-state index in [-0.39, 0.29) is 5.91 Å². The zero-order valence-corrected chi connectivity index (χ0v) is 15.7. The molecule has 0 unspecified atom stereocenters. The Morgan fingerprint density at radius 2 is 1.50 bits per heavy atom. The first kappa shape index (κ1) is 17.9.